The third-order valence-electron chi connectivity index (χ3n) is 4.57. The van der Waals surface area contributed by atoms with Gasteiger partial charge in [-0.05, 0) is 47.5 Å². The largest absolute Gasteiger partial charge is 0.438 e. The van der Waals surface area contributed by atoms with Gasteiger partial charge in [0.1, 0.15) is 5.76 Å². The van der Waals surface area contributed by atoms with Gasteiger partial charge in [-0.15, -0.1) is 0 Å². The first kappa shape index (κ1) is 15.2. The average molecular weight is 356 g/mol. The van der Waals surface area contributed by atoms with Crippen LogP contribution in [-0.4, -0.2) is 4.98 Å². The van der Waals surface area contributed by atoms with Gasteiger partial charge in [0.15, 0.2) is 0 Å². The van der Waals surface area contributed by atoms with Crippen LogP contribution in [-0.2, 0) is 0 Å². The van der Waals surface area contributed by atoms with E-state index in [1.807, 2.05) is 60.7 Å². The smallest absolute Gasteiger partial charge is 0.228 e. The highest BCUT2D eigenvalue weighted by atomic mass is 35.5. The highest BCUT2D eigenvalue weighted by Gasteiger charge is 2.21. The van der Waals surface area contributed by atoms with Gasteiger partial charge in [0.25, 0.3) is 0 Å². The lowest BCUT2D eigenvalue weighted by molar-refractivity contribution is 0.569. The van der Waals surface area contributed by atoms with Crippen LogP contribution < -0.4 is 0 Å². The lowest BCUT2D eigenvalue weighted by Gasteiger charge is -2.11. The van der Waals surface area contributed by atoms with Crippen molar-refractivity contribution in [3.05, 3.63) is 90.0 Å². The van der Waals surface area contributed by atoms with Crippen molar-refractivity contribution in [2.75, 3.05) is 0 Å². The van der Waals surface area contributed by atoms with Gasteiger partial charge in [-0.1, -0.05) is 60.1 Å². The van der Waals surface area contributed by atoms with Gasteiger partial charge in [0.05, 0.1) is 11.1 Å². The molecule has 2 aliphatic rings. The molecule has 26 heavy (non-hydrogen) atoms. The van der Waals surface area contributed by atoms with Gasteiger partial charge >= 0.3 is 0 Å². The molecule has 0 fully saturated rings. The first-order valence-corrected chi connectivity index (χ1v) is 8.81. The first-order chi connectivity index (χ1) is 12.8. The van der Waals surface area contributed by atoms with E-state index in [4.69, 9.17) is 21.0 Å². The predicted octanol–water partition coefficient (Wildman–Crippen LogP) is 6.92. The fourth-order valence-electron chi connectivity index (χ4n) is 3.34. The average Bonchev–Trinajstić information content (AvgIpc) is 3.07. The van der Waals surface area contributed by atoms with Crippen molar-refractivity contribution >= 4 is 22.5 Å². The number of halogens is 1. The van der Waals surface area contributed by atoms with Gasteiger partial charge in [-0.25, -0.2) is 4.98 Å². The third-order valence-corrected chi connectivity index (χ3v) is 4.83. The second-order valence-corrected chi connectivity index (χ2v) is 6.64. The molecule has 0 spiro atoms. The van der Waals surface area contributed by atoms with Crippen molar-refractivity contribution in [2.24, 2.45) is 0 Å². The molecule has 0 aliphatic carbocycles. The van der Waals surface area contributed by atoms with E-state index in [0.29, 0.717) is 10.9 Å². The van der Waals surface area contributed by atoms with Crippen LogP contribution in [0.4, 0.5) is 0 Å². The molecule has 0 unspecified atom stereocenters. The molecule has 3 aromatic carbocycles. The van der Waals surface area contributed by atoms with Crippen molar-refractivity contribution in [1.82, 2.24) is 4.98 Å². The monoisotopic (exact) mass is 355 g/mol. The Labute approximate surface area is 156 Å². The second-order valence-electron chi connectivity index (χ2n) is 6.21. The summed E-state index contributed by atoms with van der Waals surface area (Å²) in [6, 6.07) is 28.2. The molecule has 0 bridgehead atoms. The van der Waals surface area contributed by atoms with E-state index in [1.165, 1.54) is 0 Å². The lowest BCUT2D eigenvalue weighted by atomic mass is 9.97. The fraction of sp³-hybridized carbons (Fsp3) is 0. The van der Waals surface area contributed by atoms with E-state index < -0.39 is 0 Å². The maximum atomic E-state index is 6.18. The Balaban J connectivity index is 1.85. The second kappa shape index (κ2) is 6.01. The normalized spacial score (nSPS) is 11.3. The Morgan fingerprint density at radius 3 is 2.27 bits per heavy atom. The van der Waals surface area contributed by atoms with Crippen LogP contribution in [0.3, 0.4) is 0 Å². The quantitative estimate of drug-likeness (QED) is 0.343. The van der Waals surface area contributed by atoms with E-state index in [9.17, 15) is 0 Å². The predicted molar refractivity (Wildman–Crippen MR) is 107 cm³/mol. The number of nitrogens with zero attached hydrogens (tertiary/aromatic N) is 1. The summed E-state index contributed by atoms with van der Waals surface area (Å²) in [4.78, 5) is 4.71. The van der Waals surface area contributed by atoms with E-state index in [2.05, 4.69) is 24.3 Å². The number of benzene rings is 3. The first-order valence-electron chi connectivity index (χ1n) is 8.43. The number of fused-ring (bicyclic) bond motifs is 3. The van der Waals surface area contributed by atoms with Crippen molar-refractivity contribution in [3.8, 4) is 33.9 Å². The minimum atomic E-state index is 0.650. The van der Waals surface area contributed by atoms with Gasteiger partial charge in [0.2, 0.25) is 5.89 Å². The highest BCUT2D eigenvalue weighted by molar-refractivity contribution is 6.30. The number of para-hydroxylation sites is 1. The van der Waals surface area contributed by atoms with Crippen LogP contribution in [0.2, 0.25) is 5.02 Å². The number of rotatable bonds is 2. The summed E-state index contributed by atoms with van der Waals surface area (Å²) in [5.41, 5.74) is 5.22. The van der Waals surface area contributed by atoms with Crippen molar-refractivity contribution in [1.29, 1.82) is 0 Å². The summed E-state index contributed by atoms with van der Waals surface area (Å²) in [6.45, 7) is 0. The van der Waals surface area contributed by atoms with Crippen molar-refractivity contribution in [2.45, 2.75) is 0 Å². The summed E-state index contributed by atoms with van der Waals surface area (Å²) < 4.78 is 6.18. The molecule has 0 radical (unpaired) electrons. The molecule has 0 atom stereocenters. The number of aromatic nitrogens is 1. The molecule has 2 nitrogen and oxygen atoms in total. The van der Waals surface area contributed by atoms with Crippen LogP contribution in [0.5, 0.6) is 0 Å². The number of hydrogen-bond donors (Lipinski definition) is 0. The maximum absolute atomic E-state index is 6.18. The zero-order valence-corrected chi connectivity index (χ0v) is 14.6. The molecule has 3 aromatic rings. The van der Waals surface area contributed by atoms with Gasteiger partial charge < -0.3 is 4.42 Å². The van der Waals surface area contributed by atoms with E-state index in [0.717, 1.165) is 38.9 Å². The Hall–Kier alpha value is -3.10. The third kappa shape index (κ3) is 2.47. The standard InChI is InChI=1S/C23H14ClNO/c24-17-12-10-16(11-13-17)21-14-19(15-6-2-1-3-7-15)22-18-8-4-5-9-20(18)25-23(22)26-21/h1-14H. The summed E-state index contributed by atoms with van der Waals surface area (Å²) >= 11 is 6.03. The molecule has 0 aromatic heterocycles. The Bertz CT molecular complexity index is 1180. The van der Waals surface area contributed by atoms with Crippen LogP contribution in [0.1, 0.15) is 0 Å². The van der Waals surface area contributed by atoms with E-state index >= 15 is 0 Å². The lowest BCUT2D eigenvalue weighted by Crippen LogP contribution is -1.88. The molecule has 0 amide bonds. The van der Waals surface area contributed by atoms with Crippen LogP contribution in [0.15, 0.2) is 89.3 Å². The van der Waals surface area contributed by atoms with Crippen LogP contribution >= 0.6 is 11.6 Å². The summed E-state index contributed by atoms with van der Waals surface area (Å²) in [7, 11) is 0. The van der Waals surface area contributed by atoms with E-state index in [-0.39, 0.29) is 0 Å². The Kier molecular flexibility index (Phi) is 3.51. The summed E-state index contributed by atoms with van der Waals surface area (Å²) in [5.74, 6) is 1.42. The van der Waals surface area contributed by atoms with Gasteiger partial charge in [-0.2, -0.15) is 0 Å². The minimum Gasteiger partial charge on any atom is -0.438 e. The molecule has 2 heterocycles. The summed E-state index contributed by atoms with van der Waals surface area (Å²) in [5, 5.41) is 1.81. The van der Waals surface area contributed by atoms with Crippen molar-refractivity contribution in [3.63, 3.8) is 0 Å². The van der Waals surface area contributed by atoms with Gasteiger partial charge in [-0.3, -0.25) is 0 Å². The molecule has 124 valence electrons. The molecule has 0 saturated carbocycles. The zero-order valence-electron chi connectivity index (χ0n) is 13.8. The molecule has 0 N–H and O–H groups in total. The number of hydrogen-bond acceptors (Lipinski definition) is 2. The van der Waals surface area contributed by atoms with Gasteiger partial charge in [0, 0.05) is 16.0 Å². The Morgan fingerprint density at radius 1 is 0.731 bits per heavy atom. The summed E-state index contributed by atoms with van der Waals surface area (Å²) in [6.07, 6.45) is 0. The van der Waals surface area contributed by atoms with Crippen LogP contribution in [0.25, 0.3) is 44.8 Å². The fourth-order valence-corrected chi connectivity index (χ4v) is 3.46. The molecule has 2 aliphatic heterocycles. The molecule has 5 rings (SSSR count). The Morgan fingerprint density at radius 2 is 1.46 bits per heavy atom. The van der Waals surface area contributed by atoms with Crippen LogP contribution in [0, 0.1) is 0 Å². The minimum absolute atomic E-state index is 0.650. The molecular weight excluding hydrogens is 342 g/mol. The van der Waals surface area contributed by atoms with E-state index in [1.54, 1.807) is 0 Å². The SMILES string of the molecule is Clc1ccc(-c2cc(-c3ccccc3)c3c4ccccc4nc-3o2)cc1. The maximum Gasteiger partial charge on any atom is 0.228 e. The highest BCUT2D eigenvalue weighted by Crippen LogP contribution is 2.42. The molecular formula is C23H14ClNO. The topological polar surface area (TPSA) is 26.0 Å². The molecule has 3 heteroatoms. The van der Waals surface area contributed by atoms with Crippen molar-refractivity contribution < 1.29 is 4.42 Å². The zero-order chi connectivity index (χ0) is 17.5. The molecule has 0 saturated heterocycles.